The van der Waals surface area contributed by atoms with Gasteiger partial charge in [-0.3, -0.25) is 0 Å². The summed E-state index contributed by atoms with van der Waals surface area (Å²) in [4.78, 5) is 0. The fourth-order valence-corrected chi connectivity index (χ4v) is 1.61. The van der Waals surface area contributed by atoms with E-state index in [-0.39, 0.29) is 0 Å². The molecule has 0 fully saturated rings. The maximum absolute atomic E-state index is 13.4. The second-order valence-corrected chi connectivity index (χ2v) is 4.67. The van der Waals surface area contributed by atoms with Gasteiger partial charge in [0.25, 0.3) is 5.41 Å². The van der Waals surface area contributed by atoms with Gasteiger partial charge in [0.2, 0.25) is 0 Å². The number of rotatable bonds is 6. The number of ether oxygens (including phenoxy) is 1. The minimum absolute atomic E-state index is 0.840. The predicted molar refractivity (Wildman–Crippen MR) is 52.0 cm³/mol. The van der Waals surface area contributed by atoms with Gasteiger partial charge in [-0.05, 0) is 0 Å². The summed E-state index contributed by atoms with van der Waals surface area (Å²) in [6.45, 7) is -4.49. The Morgan fingerprint density at radius 2 is 0.958 bits per heavy atom. The SMILES string of the molecule is FC(F)(F)C(F)(F)C(F)(F)C(COCCCl)(C(F)(F)F)C(F)(F)F. The van der Waals surface area contributed by atoms with Gasteiger partial charge in [-0.1, -0.05) is 0 Å². The molecule has 0 aromatic heterocycles. The van der Waals surface area contributed by atoms with Crippen LogP contribution in [0.3, 0.4) is 0 Å². The first kappa shape index (κ1) is 23.3. The van der Waals surface area contributed by atoms with Crippen LogP contribution >= 0.6 is 11.6 Å². The lowest BCUT2D eigenvalue weighted by atomic mass is 9.76. The Bertz CT molecular complexity index is 407. The second-order valence-electron chi connectivity index (χ2n) is 4.29. The maximum atomic E-state index is 13.4. The zero-order valence-corrected chi connectivity index (χ0v) is 11.6. The van der Waals surface area contributed by atoms with Crippen LogP contribution in [0.25, 0.3) is 0 Å². The third-order valence-electron chi connectivity index (χ3n) is 2.79. The van der Waals surface area contributed by atoms with E-state index in [1.165, 1.54) is 0 Å². The molecule has 0 rings (SSSR count). The lowest BCUT2D eigenvalue weighted by Gasteiger charge is -2.44. The lowest BCUT2D eigenvalue weighted by Crippen LogP contribution is -2.71. The summed E-state index contributed by atoms with van der Waals surface area (Å²) in [5.74, 6) is -16.2. The van der Waals surface area contributed by atoms with Crippen LogP contribution in [0.2, 0.25) is 0 Å². The average molecular weight is 413 g/mol. The molecule has 0 amide bonds. The molecule has 0 aliphatic rings. The van der Waals surface area contributed by atoms with Crippen molar-refractivity contribution >= 4 is 11.6 Å². The summed E-state index contributed by atoms with van der Waals surface area (Å²) in [6.07, 6.45) is -21.9. The van der Waals surface area contributed by atoms with E-state index in [0.29, 0.717) is 0 Å². The molecule has 0 unspecified atom stereocenters. The lowest BCUT2D eigenvalue weighted by molar-refractivity contribution is -0.465. The zero-order valence-electron chi connectivity index (χ0n) is 10.8. The zero-order chi connectivity index (χ0) is 19.8. The molecule has 0 heterocycles. The molecule has 0 saturated heterocycles. The third kappa shape index (κ3) is 3.48. The molecule has 0 saturated carbocycles. The van der Waals surface area contributed by atoms with Gasteiger partial charge in [0.1, 0.15) is 0 Å². The molecule has 0 spiro atoms. The molecule has 1 nitrogen and oxygen atoms in total. The van der Waals surface area contributed by atoms with Crippen LogP contribution in [0.4, 0.5) is 57.1 Å². The standard InChI is InChI=1S/C9H6ClF13O/c10-1-2-24-3-4(7(15,16)17,8(18,19)20)5(11,12)6(13,14)9(21,22)23/h1-3H2. The van der Waals surface area contributed by atoms with Gasteiger partial charge in [-0.2, -0.15) is 57.1 Å². The predicted octanol–water partition coefficient (Wildman–Crippen LogP) is 5.19. The Hall–Kier alpha value is -0.660. The van der Waals surface area contributed by atoms with E-state index >= 15 is 0 Å². The quantitative estimate of drug-likeness (QED) is 0.332. The van der Waals surface area contributed by atoms with Gasteiger partial charge in [0.05, 0.1) is 13.2 Å². The monoisotopic (exact) mass is 412 g/mol. The fraction of sp³-hybridized carbons (Fsp3) is 1.00. The van der Waals surface area contributed by atoms with Crippen LogP contribution in [0.5, 0.6) is 0 Å². The van der Waals surface area contributed by atoms with Crippen LogP contribution in [0.1, 0.15) is 0 Å². The van der Waals surface area contributed by atoms with Crippen molar-refractivity contribution < 1.29 is 61.8 Å². The highest BCUT2D eigenvalue weighted by atomic mass is 35.5. The maximum Gasteiger partial charge on any atom is 0.459 e. The Balaban J connectivity index is 6.59. The van der Waals surface area contributed by atoms with Crippen molar-refractivity contribution in [1.82, 2.24) is 0 Å². The Morgan fingerprint density at radius 1 is 0.583 bits per heavy atom. The van der Waals surface area contributed by atoms with E-state index < -0.39 is 54.9 Å². The van der Waals surface area contributed by atoms with E-state index in [1.54, 1.807) is 0 Å². The van der Waals surface area contributed by atoms with Crippen molar-refractivity contribution in [2.24, 2.45) is 5.41 Å². The largest absolute Gasteiger partial charge is 0.459 e. The summed E-state index contributed by atoms with van der Waals surface area (Å²) in [7, 11) is 0. The van der Waals surface area contributed by atoms with Gasteiger partial charge in [0.15, 0.2) is 0 Å². The van der Waals surface area contributed by atoms with Crippen LogP contribution in [0.15, 0.2) is 0 Å². The summed E-state index contributed by atoms with van der Waals surface area (Å²) in [6, 6.07) is 0. The molecule has 0 aromatic carbocycles. The second kappa shape index (κ2) is 6.57. The van der Waals surface area contributed by atoms with Gasteiger partial charge >= 0.3 is 30.4 Å². The highest BCUT2D eigenvalue weighted by Gasteiger charge is 2.92. The van der Waals surface area contributed by atoms with Crippen molar-refractivity contribution in [3.05, 3.63) is 0 Å². The number of hydrogen-bond acceptors (Lipinski definition) is 1. The molecular weight excluding hydrogens is 407 g/mol. The van der Waals surface area contributed by atoms with E-state index in [9.17, 15) is 57.1 Å². The van der Waals surface area contributed by atoms with Crippen molar-refractivity contribution in [2.75, 3.05) is 19.1 Å². The molecule has 0 N–H and O–H groups in total. The van der Waals surface area contributed by atoms with E-state index in [2.05, 4.69) is 4.74 Å². The van der Waals surface area contributed by atoms with E-state index in [4.69, 9.17) is 11.6 Å². The highest BCUT2D eigenvalue weighted by molar-refractivity contribution is 6.17. The number of halogens is 14. The first-order valence-corrected chi connectivity index (χ1v) is 5.94. The fourth-order valence-electron chi connectivity index (χ4n) is 1.50. The van der Waals surface area contributed by atoms with Gasteiger partial charge in [0, 0.05) is 5.88 Å². The molecule has 0 atom stereocenters. The van der Waals surface area contributed by atoms with Crippen LogP contribution in [0, 0.1) is 5.41 Å². The third-order valence-corrected chi connectivity index (χ3v) is 2.95. The molecule has 0 aromatic rings. The number of hydrogen-bond donors (Lipinski definition) is 0. The average Bonchev–Trinajstić information content (AvgIpc) is 2.29. The van der Waals surface area contributed by atoms with Crippen LogP contribution < -0.4 is 0 Å². The Labute approximate surface area is 129 Å². The van der Waals surface area contributed by atoms with Gasteiger partial charge in [-0.25, -0.2) is 0 Å². The molecule has 146 valence electrons. The van der Waals surface area contributed by atoms with Crippen LogP contribution in [-0.4, -0.2) is 49.5 Å². The number of alkyl halides is 14. The van der Waals surface area contributed by atoms with Crippen LogP contribution in [-0.2, 0) is 4.74 Å². The molecule has 0 bridgehead atoms. The van der Waals surface area contributed by atoms with Crippen molar-refractivity contribution in [2.45, 2.75) is 30.4 Å². The minimum atomic E-state index is -7.67. The first-order valence-electron chi connectivity index (χ1n) is 5.40. The smallest absolute Gasteiger partial charge is 0.379 e. The first-order chi connectivity index (χ1) is 10.3. The van der Waals surface area contributed by atoms with E-state index in [1.807, 2.05) is 0 Å². The van der Waals surface area contributed by atoms with Crippen molar-refractivity contribution in [1.29, 1.82) is 0 Å². The normalized spacial score (nSPS) is 15.8. The summed E-state index contributed by atoms with van der Waals surface area (Å²) in [5, 5.41) is 0. The summed E-state index contributed by atoms with van der Waals surface area (Å²) < 4.78 is 168. The molecular formula is C9H6ClF13O. The van der Waals surface area contributed by atoms with Crippen molar-refractivity contribution in [3.63, 3.8) is 0 Å². The molecule has 0 aliphatic heterocycles. The Morgan fingerprint density at radius 3 is 1.21 bits per heavy atom. The minimum Gasteiger partial charge on any atom is -0.379 e. The van der Waals surface area contributed by atoms with Crippen molar-refractivity contribution in [3.8, 4) is 0 Å². The van der Waals surface area contributed by atoms with E-state index in [0.717, 1.165) is 0 Å². The summed E-state index contributed by atoms with van der Waals surface area (Å²) in [5.41, 5.74) is -6.82. The highest BCUT2D eigenvalue weighted by Crippen LogP contribution is 2.65. The molecule has 24 heavy (non-hydrogen) atoms. The Kier molecular flexibility index (Phi) is 6.39. The van der Waals surface area contributed by atoms with Gasteiger partial charge in [-0.15, -0.1) is 11.6 Å². The van der Waals surface area contributed by atoms with Gasteiger partial charge < -0.3 is 4.74 Å². The topological polar surface area (TPSA) is 9.23 Å². The summed E-state index contributed by atoms with van der Waals surface area (Å²) >= 11 is 4.83. The molecule has 0 radical (unpaired) electrons. The molecule has 15 heteroatoms. The molecule has 0 aliphatic carbocycles.